The van der Waals surface area contributed by atoms with E-state index in [1.807, 2.05) is 13.8 Å². The van der Waals surface area contributed by atoms with Gasteiger partial charge in [-0.15, -0.1) is 0 Å². The van der Waals surface area contributed by atoms with Crippen molar-refractivity contribution in [3.63, 3.8) is 0 Å². The minimum Gasteiger partial charge on any atom is -0.481 e. The van der Waals surface area contributed by atoms with Gasteiger partial charge in [-0.3, -0.25) is 19.1 Å². The van der Waals surface area contributed by atoms with Crippen molar-refractivity contribution in [1.29, 1.82) is 0 Å². The second kappa shape index (κ2) is 11.3. The molecule has 2 aromatic rings. The number of hydrogen-bond donors (Lipinski definition) is 2. The first-order valence-corrected chi connectivity index (χ1v) is 10.3. The summed E-state index contributed by atoms with van der Waals surface area (Å²) in [4.78, 5) is 41.0. The number of ether oxygens (including phenoxy) is 1. The summed E-state index contributed by atoms with van der Waals surface area (Å²) in [5.74, 6) is -2.77. The zero-order valence-electron chi connectivity index (χ0n) is 17.7. The summed E-state index contributed by atoms with van der Waals surface area (Å²) >= 11 is 0. The minimum atomic E-state index is -0.948. The van der Waals surface area contributed by atoms with Crippen molar-refractivity contribution < 1.29 is 18.3 Å². The second-order valence-corrected chi connectivity index (χ2v) is 7.11. The van der Waals surface area contributed by atoms with Gasteiger partial charge in [0.05, 0.1) is 0 Å². The van der Waals surface area contributed by atoms with Crippen molar-refractivity contribution in [3.8, 4) is 5.75 Å². The molecule has 1 aromatic heterocycles. The number of H-pyrrole nitrogens is 1. The number of anilines is 2. The number of carbonyl (C=O) groups is 1. The standard InChI is InChI=1S/C21H28F2N4O4/c1-3-5-7-11-26(17(28)13-31-16-9-8-14(22)12-15(16)23)18-19(24)27(10-6-4-2)21(30)25-20(18)29/h8-9,12H,3-7,10-11,13,24H2,1-2H3,(H,25,29,30). The Hall–Kier alpha value is -3.17. The Balaban J connectivity index is 2.35. The number of aromatic amines is 1. The van der Waals surface area contributed by atoms with Crippen LogP contribution in [0.25, 0.3) is 0 Å². The van der Waals surface area contributed by atoms with Crippen molar-refractivity contribution in [2.45, 2.75) is 52.5 Å². The highest BCUT2D eigenvalue weighted by molar-refractivity contribution is 5.96. The maximum atomic E-state index is 13.8. The van der Waals surface area contributed by atoms with Crippen LogP contribution < -0.4 is 26.6 Å². The largest absolute Gasteiger partial charge is 0.481 e. The van der Waals surface area contributed by atoms with Gasteiger partial charge in [-0.05, 0) is 25.0 Å². The molecule has 170 valence electrons. The molecule has 31 heavy (non-hydrogen) atoms. The molecule has 1 heterocycles. The number of carbonyl (C=O) groups excluding carboxylic acids is 1. The molecule has 8 nitrogen and oxygen atoms in total. The zero-order valence-corrected chi connectivity index (χ0v) is 17.7. The first-order valence-electron chi connectivity index (χ1n) is 10.3. The van der Waals surface area contributed by atoms with Crippen LogP contribution in [0.4, 0.5) is 20.3 Å². The van der Waals surface area contributed by atoms with E-state index in [9.17, 15) is 23.2 Å². The van der Waals surface area contributed by atoms with Crippen LogP contribution in [0.3, 0.4) is 0 Å². The quantitative estimate of drug-likeness (QED) is 0.524. The number of nitrogens with two attached hydrogens (primary N) is 1. The third-order valence-electron chi connectivity index (χ3n) is 4.75. The molecule has 0 unspecified atom stereocenters. The first-order chi connectivity index (χ1) is 14.8. The Morgan fingerprint density at radius 1 is 1.16 bits per heavy atom. The highest BCUT2D eigenvalue weighted by atomic mass is 19.1. The van der Waals surface area contributed by atoms with Gasteiger partial charge in [0.25, 0.3) is 11.5 Å². The summed E-state index contributed by atoms with van der Waals surface area (Å²) in [6.07, 6.45) is 3.72. The molecule has 0 saturated heterocycles. The van der Waals surface area contributed by atoms with Crippen molar-refractivity contribution in [2.75, 3.05) is 23.8 Å². The molecule has 0 aliphatic carbocycles. The van der Waals surface area contributed by atoms with Crippen LogP contribution in [0.15, 0.2) is 27.8 Å². The summed E-state index contributed by atoms with van der Waals surface area (Å²) in [7, 11) is 0. The van der Waals surface area contributed by atoms with E-state index < -0.39 is 35.4 Å². The fourth-order valence-corrected chi connectivity index (χ4v) is 3.07. The lowest BCUT2D eigenvalue weighted by Crippen LogP contribution is -2.43. The number of unbranched alkanes of at least 4 members (excludes halogenated alkanes) is 3. The number of halogens is 2. The number of nitrogens with one attached hydrogen (secondary N) is 1. The summed E-state index contributed by atoms with van der Waals surface area (Å²) in [5, 5.41) is 0. The Morgan fingerprint density at radius 2 is 1.87 bits per heavy atom. The van der Waals surface area contributed by atoms with Crippen LogP contribution in [0.5, 0.6) is 5.75 Å². The number of aromatic nitrogens is 2. The lowest BCUT2D eigenvalue weighted by atomic mass is 10.2. The Kier molecular flexibility index (Phi) is 8.77. The van der Waals surface area contributed by atoms with Gasteiger partial charge in [0.15, 0.2) is 23.9 Å². The molecule has 10 heteroatoms. The van der Waals surface area contributed by atoms with Crippen molar-refractivity contribution >= 4 is 17.4 Å². The van der Waals surface area contributed by atoms with E-state index in [4.69, 9.17) is 10.5 Å². The van der Waals surface area contributed by atoms with Gasteiger partial charge >= 0.3 is 5.69 Å². The second-order valence-electron chi connectivity index (χ2n) is 7.11. The number of amides is 1. The molecule has 0 bridgehead atoms. The van der Waals surface area contributed by atoms with E-state index in [1.54, 1.807) is 0 Å². The monoisotopic (exact) mass is 438 g/mol. The Morgan fingerprint density at radius 3 is 2.52 bits per heavy atom. The molecule has 1 amide bonds. The van der Waals surface area contributed by atoms with E-state index in [1.165, 1.54) is 4.57 Å². The molecule has 0 radical (unpaired) electrons. The average molecular weight is 438 g/mol. The van der Waals surface area contributed by atoms with Crippen molar-refractivity contribution in [1.82, 2.24) is 9.55 Å². The molecule has 3 N–H and O–H groups in total. The van der Waals surface area contributed by atoms with Crippen LogP contribution >= 0.6 is 0 Å². The number of rotatable bonds is 11. The van der Waals surface area contributed by atoms with Gasteiger partial charge in [0.2, 0.25) is 0 Å². The maximum Gasteiger partial charge on any atom is 0.330 e. The number of nitrogen functional groups attached to an aromatic ring is 1. The predicted molar refractivity (Wildman–Crippen MR) is 114 cm³/mol. The third kappa shape index (κ3) is 6.16. The lowest BCUT2D eigenvalue weighted by molar-refractivity contribution is -0.120. The van der Waals surface area contributed by atoms with E-state index in [2.05, 4.69) is 4.98 Å². The minimum absolute atomic E-state index is 0.111. The van der Waals surface area contributed by atoms with Gasteiger partial charge in [-0.1, -0.05) is 33.1 Å². The average Bonchev–Trinajstić information content (AvgIpc) is 2.71. The summed E-state index contributed by atoms with van der Waals surface area (Å²) in [6, 6.07) is 2.73. The molecule has 0 spiro atoms. The van der Waals surface area contributed by atoms with Crippen LogP contribution in [0, 0.1) is 11.6 Å². The SMILES string of the molecule is CCCCCN(C(=O)COc1ccc(F)cc1F)c1c(N)n(CCCC)c(=O)[nH]c1=O. The van der Waals surface area contributed by atoms with Crippen molar-refractivity contribution in [3.05, 3.63) is 50.7 Å². The Bertz CT molecular complexity index is 1020. The number of hydrogen-bond acceptors (Lipinski definition) is 5. The third-order valence-corrected chi connectivity index (χ3v) is 4.75. The van der Waals surface area contributed by atoms with E-state index >= 15 is 0 Å². The lowest BCUT2D eigenvalue weighted by Gasteiger charge is -2.24. The number of benzene rings is 1. The fraction of sp³-hybridized carbons (Fsp3) is 0.476. The van der Waals surface area contributed by atoms with E-state index in [-0.39, 0.29) is 23.8 Å². The zero-order chi connectivity index (χ0) is 23.0. The van der Waals surface area contributed by atoms with Gasteiger partial charge in [-0.2, -0.15) is 0 Å². The fourth-order valence-electron chi connectivity index (χ4n) is 3.07. The van der Waals surface area contributed by atoms with Crippen molar-refractivity contribution in [2.24, 2.45) is 0 Å². The van der Waals surface area contributed by atoms with Gasteiger partial charge in [0, 0.05) is 19.2 Å². The molecule has 2 rings (SSSR count). The summed E-state index contributed by atoms with van der Waals surface area (Å²) in [5.41, 5.74) is 4.55. The first kappa shape index (κ1) is 24.1. The van der Waals surface area contributed by atoms with Crippen LogP contribution in [0.1, 0.15) is 46.0 Å². The summed E-state index contributed by atoms with van der Waals surface area (Å²) < 4.78 is 33.3. The molecular weight excluding hydrogens is 410 g/mol. The highest BCUT2D eigenvalue weighted by Crippen LogP contribution is 2.21. The molecular formula is C21H28F2N4O4. The maximum absolute atomic E-state index is 13.8. The van der Waals surface area contributed by atoms with Gasteiger partial charge < -0.3 is 15.4 Å². The Labute approximate surface area is 178 Å². The van der Waals surface area contributed by atoms with Crippen LogP contribution in [0.2, 0.25) is 0 Å². The van der Waals surface area contributed by atoms with Crippen LogP contribution in [-0.4, -0.2) is 28.6 Å². The molecule has 0 aliphatic rings. The smallest absolute Gasteiger partial charge is 0.330 e. The topological polar surface area (TPSA) is 110 Å². The molecule has 0 saturated carbocycles. The van der Waals surface area contributed by atoms with E-state index in [0.717, 1.165) is 36.3 Å². The number of nitrogens with zero attached hydrogens (tertiary/aromatic N) is 2. The van der Waals surface area contributed by atoms with Crippen LogP contribution in [-0.2, 0) is 11.3 Å². The molecule has 0 aliphatic heterocycles. The summed E-state index contributed by atoms with van der Waals surface area (Å²) in [6.45, 7) is 3.79. The van der Waals surface area contributed by atoms with E-state index in [0.29, 0.717) is 25.5 Å². The molecule has 0 atom stereocenters. The van der Waals surface area contributed by atoms with Gasteiger partial charge in [0.1, 0.15) is 11.6 Å². The highest BCUT2D eigenvalue weighted by Gasteiger charge is 2.24. The predicted octanol–water partition coefficient (Wildman–Crippen LogP) is 2.80. The molecule has 0 fully saturated rings. The normalized spacial score (nSPS) is 10.8. The van der Waals surface area contributed by atoms with Gasteiger partial charge in [-0.25, -0.2) is 13.6 Å². The molecule has 1 aromatic carbocycles.